The van der Waals surface area contributed by atoms with Crippen LogP contribution in [0.3, 0.4) is 0 Å². The van der Waals surface area contributed by atoms with Crippen LogP contribution in [0.15, 0.2) is 41.9 Å². The minimum absolute atomic E-state index is 0. The van der Waals surface area contributed by atoms with E-state index in [9.17, 15) is 0 Å². The van der Waals surface area contributed by atoms with E-state index >= 15 is 0 Å². The summed E-state index contributed by atoms with van der Waals surface area (Å²) in [5, 5.41) is 11.0. The normalized spacial score (nSPS) is 15.6. The molecule has 1 heterocycles. The molecule has 0 atom stereocenters. The van der Waals surface area contributed by atoms with Gasteiger partial charge in [-0.15, -0.1) is 24.0 Å². The standard InChI is InChI=1S/C19H28N6O.HI/c1-20-18(23-13-19(8-3-9-19)10-11-26-2)22-12-16-4-6-17(7-5-16)25-15-21-14-24-25;/h4-7,14-15H,3,8-13H2,1-2H3,(H2,20,22,23);1H. The summed E-state index contributed by atoms with van der Waals surface area (Å²) < 4.78 is 7.01. The van der Waals surface area contributed by atoms with Gasteiger partial charge in [0.1, 0.15) is 12.7 Å². The summed E-state index contributed by atoms with van der Waals surface area (Å²) in [6.07, 6.45) is 8.19. The maximum atomic E-state index is 5.26. The number of halogens is 1. The number of ether oxygens (including phenoxy) is 1. The van der Waals surface area contributed by atoms with E-state index in [1.54, 1.807) is 18.1 Å². The van der Waals surface area contributed by atoms with Crippen LogP contribution >= 0.6 is 24.0 Å². The molecule has 0 saturated heterocycles. The van der Waals surface area contributed by atoms with Gasteiger partial charge >= 0.3 is 0 Å². The molecule has 1 aromatic carbocycles. The number of guanidine groups is 1. The zero-order valence-corrected chi connectivity index (χ0v) is 18.3. The quantitative estimate of drug-likeness (QED) is 0.343. The topological polar surface area (TPSA) is 76.4 Å². The van der Waals surface area contributed by atoms with Crippen molar-refractivity contribution in [1.82, 2.24) is 25.4 Å². The van der Waals surface area contributed by atoms with Crippen LogP contribution in [0.5, 0.6) is 0 Å². The minimum atomic E-state index is 0. The molecule has 0 spiro atoms. The molecule has 8 heteroatoms. The van der Waals surface area contributed by atoms with Gasteiger partial charge in [-0.1, -0.05) is 18.6 Å². The summed E-state index contributed by atoms with van der Waals surface area (Å²) in [6.45, 7) is 2.50. The maximum Gasteiger partial charge on any atom is 0.191 e. The summed E-state index contributed by atoms with van der Waals surface area (Å²) in [5.41, 5.74) is 2.56. The summed E-state index contributed by atoms with van der Waals surface area (Å²) >= 11 is 0. The first-order valence-corrected chi connectivity index (χ1v) is 9.12. The van der Waals surface area contributed by atoms with Crippen molar-refractivity contribution in [3.63, 3.8) is 0 Å². The van der Waals surface area contributed by atoms with Crippen molar-refractivity contribution in [2.24, 2.45) is 10.4 Å². The lowest BCUT2D eigenvalue weighted by Crippen LogP contribution is -2.46. The van der Waals surface area contributed by atoms with Crippen LogP contribution in [-0.2, 0) is 11.3 Å². The number of hydrogen-bond acceptors (Lipinski definition) is 4. The van der Waals surface area contributed by atoms with Gasteiger partial charge in [-0.3, -0.25) is 4.99 Å². The number of nitrogens with one attached hydrogen (secondary N) is 2. The lowest BCUT2D eigenvalue weighted by Gasteiger charge is -2.42. The molecule has 3 rings (SSSR count). The number of nitrogens with zero attached hydrogens (tertiary/aromatic N) is 4. The zero-order valence-electron chi connectivity index (χ0n) is 16.0. The van der Waals surface area contributed by atoms with Crippen LogP contribution in [0.4, 0.5) is 0 Å². The summed E-state index contributed by atoms with van der Waals surface area (Å²) in [7, 11) is 3.58. The van der Waals surface area contributed by atoms with Crippen molar-refractivity contribution < 1.29 is 4.74 Å². The fourth-order valence-corrected chi connectivity index (χ4v) is 3.30. The van der Waals surface area contributed by atoms with Crippen molar-refractivity contribution in [1.29, 1.82) is 0 Å². The molecule has 7 nitrogen and oxygen atoms in total. The Bertz CT molecular complexity index is 697. The highest BCUT2D eigenvalue weighted by Gasteiger charge is 2.36. The van der Waals surface area contributed by atoms with Crippen molar-refractivity contribution in [3.8, 4) is 5.69 Å². The molecule has 0 unspecified atom stereocenters. The fraction of sp³-hybridized carbons (Fsp3) is 0.526. The molecule has 1 saturated carbocycles. The third-order valence-electron chi connectivity index (χ3n) is 5.18. The largest absolute Gasteiger partial charge is 0.385 e. The Morgan fingerprint density at radius 1 is 1.26 bits per heavy atom. The predicted octanol–water partition coefficient (Wildman–Crippen LogP) is 2.76. The van der Waals surface area contributed by atoms with E-state index in [2.05, 4.69) is 37.8 Å². The van der Waals surface area contributed by atoms with Gasteiger partial charge < -0.3 is 15.4 Å². The van der Waals surface area contributed by atoms with Crippen LogP contribution < -0.4 is 10.6 Å². The van der Waals surface area contributed by atoms with Crippen LogP contribution in [0.25, 0.3) is 5.69 Å². The number of aliphatic imine (C=N–C) groups is 1. The van der Waals surface area contributed by atoms with E-state index in [0.29, 0.717) is 5.41 Å². The lowest BCUT2D eigenvalue weighted by molar-refractivity contribution is 0.0732. The van der Waals surface area contributed by atoms with Gasteiger partial charge in [0.25, 0.3) is 0 Å². The van der Waals surface area contributed by atoms with E-state index < -0.39 is 0 Å². The molecule has 1 fully saturated rings. The number of hydrogen-bond donors (Lipinski definition) is 2. The molecule has 0 amide bonds. The molecule has 0 radical (unpaired) electrons. The van der Waals surface area contributed by atoms with E-state index in [-0.39, 0.29) is 24.0 Å². The zero-order chi connectivity index (χ0) is 18.2. The van der Waals surface area contributed by atoms with Crippen LogP contribution in [-0.4, -0.2) is 48.0 Å². The van der Waals surface area contributed by atoms with Gasteiger partial charge in [0.05, 0.1) is 5.69 Å². The van der Waals surface area contributed by atoms with Crippen molar-refractivity contribution in [3.05, 3.63) is 42.5 Å². The molecular formula is C19H29IN6O. The number of aromatic nitrogens is 3. The van der Waals surface area contributed by atoms with Gasteiger partial charge in [-0.05, 0) is 42.4 Å². The average molecular weight is 484 g/mol. The average Bonchev–Trinajstić information content (AvgIpc) is 3.18. The lowest BCUT2D eigenvalue weighted by atomic mass is 9.67. The fourth-order valence-electron chi connectivity index (χ4n) is 3.30. The second-order valence-electron chi connectivity index (χ2n) is 6.88. The Balaban J connectivity index is 0.00000261. The van der Waals surface area contributed by atoms with Gasteiger partial charge in [0.15, 0.2) is 5.96 Å². The van der Waals surface area contributed by atoms with Crippen molar-refractivity contribution >= 4 is 29.9 Å². The summed E-state index contributed by atoms with van der Waals surface area (Å²) in [6, 6.07) is 8.25. The maximum absolute atomic E-state index is 5.26. The van der Waals surface area contributed by atoms with Gasteiger partial charge in [0, 0.05) is 33.9 Å². The predicted molar refractivity (Wildman–Crippen MR) is 118 cm³/mol. The molecule has 0 aliphatic heterocycles. The molecule has 2 aromatic rings. The monoisotopic (exact) mass is 484 g/mol. The smallest absolute Gasteiger partial charge is 0.191 e. The third kappa shape index (κ3) is 5.90. The molecule has 1 aliphatic rings. The Hall–Kier alpha value is -1.68. The molecule has 0 bridgehead atoms. The van der Waals surface area contributed by atoms with Crippen molar-refractivity contribution in [2.75, 3.05) is 27.3 Å². The summed E-state index contributed by atoms with van der Waals surface area (Å²) in [4.78, 5) is 8.31. The molecule has 1 aliphatic carbocycles. The van der Waals surface area contributed by atoms with Gasteiger partial charge in [-0.25, -0.2) is 9.67 Å². The highest BCUT2D eigenvalue weighted by molar-refractivity contribution is 14.0. The second-order valence-corrected chi connectivity index (χ2v) is 6.88. The Kier molecular flexibility index (Phi) is 8.49. The highest BCUT2D eigenvalue weighted by Crippen LogP contribution is 2.43. The van der Waals surface area contributed by atoms with Crippen LogP contribution in [0.2, 0.25) is 0 Å². The molecular weight excluding hydrogens is 455 g/mol. The summed E-state index contributed by atoms with van der Waals surface area (Å²) in [5.74, 6) is 0.842. The molecule has 1 aromatic heterocycles. The van der Waals surface area contributed by atoms with E-state index in [1.807, 2.05) is 19.2 Å². The highest BCUT2D eigenvalue weighted by atomic mass is 127. The second kappa shape index (κ2) is 10.6. The number of rotatable bonds is 8. The van der Waals surface area contributed by atoms with Crippen LogP contribution in [0.1, 0.15) is 31.2 Å². The Morgan fingerprint density at radius 3 is 2.59 bits per heavy atom. The minimum Gasteiger partial charge on any atom is -0.385 e. The number of benzene rings is 1. The first kappa shape index (κ1) is 21.6. The number of methoxy groups -OCH3 is 1. The van der Waals surface area contributed by atoms with Gasteiger partial charge in [0.2, 0.25) is 0 Å². The van der Waals surface area contributed by atoms with Crippen molar-refractivity contribution in [2.45, 2.75) is 32.2 Å². The van der Waals surface area contributed by atoms with Crippen LogP contribution in [0, 0.1) is 5.41 Å². The Morgan fingerprint density at radius 2 is 2.04 bits per heavy atom. The Labute approximate surface area is 178 Å². The SMILES string of the molecule is CN=C(NCc1ccc(-n2cncn2)cc1)NCC1(CCOC)CCC1.I. The molecule has 2 N–H and O–H groups in total. The van der Waals surface area contributed by atoms with E-state index in [0.717, 1.165) is 37.8 Å². The van der Waals surface area contributed by atoms with E-state index in [4.69, 9.17) is 4.74 Å². The third-order valence-corrected chi connectivity index (χ3v) is 5.18. The van der Waals surface area contributed by atoms with Gasteiger partial charge in [-0.2, -0.15) is 5.10 Å². The molecule has 148 valence electrons. The first-order chi connectivity index (χ1) is 12.7. The first-order valence-electron chi connectivity index (χ1n) is 9.12. The molecule has 27 heavy (non-hydrogen) atoms. The van der Waals surface area contributed by atoms with E-state index in [1.165, 1.54) is 31.2 Å².